The third kappa shape index (κ3) is 6.46. The summed E-state index contributed by atoms with van der Waals surface area (Å²) in [6.45, 7) is 5.56. The second-order valence-corrected chi connectivity index (χ2v) is 5.61. The van der Waals surface area contributed by atoms with Crippen molar-refractivity contribution in [1.82, 2.24) is 5.32 Å². The summed E-state index contributed by atoms with van der Waals surface area (Å²) in [5.74, 6) is 3.58. The molecule has 21 heavy (non-hydrogen) atoms. The molecule has 1 N–H and O–H groups in total. The number of benzene rings is 1. The Morgan fingerprint density at radius 3 is 2.43 bits per heavy atom. The van der Waals surface area contributed by atoms with E-state index in [4.69, 9.17) is 16.3 Å². The van der Waals surface area contributed by atoms with Gasteiger partial charge in [0.15, 0.2) is 0 Å². The van der Waals surface area contributed by atoms with Crippen LogP contribution in [0.2, 0.25) is 5.02 Å². The largest absolute Gasteiger partial charge is 0.444 e. The van der Waals surface area contributed by atoms with Crippen molar-refractivity contribution >= 4 is 17.7 Å². The van der Waals surface area contributed by atoms with E-state index >= 15 is 0 Å². The second-order valence-electron chi connectivity index (χ2n) is 5.23. The summed E-state index contributed by atoms with van der Waals surface area (Å²) in [4.78, 5) is 11.3. The number of halogens is 3. The topological polar surface area (TPSA) is 38.3 Å². The van der Waals surface area contributed by atoms with Gasteiger partial charge in [-0.3, -0.25) is 0 Å². The van der Waals surface area contributed by atoms with E-state index in [0.717, 1.165) is 12.1 Å². The predicted molar refractivity (Wildman–Crippen MR) is 77.1 cm³/mol. The molecule has 0 unspecified atom stereocenters. The fourth-order valence-corrected chi connectivity index (χ4v) is 1.44. The van der Waals surface area contributed by atoms with Crippen LogP contribution in [0.15, 0.2) is 12.1 Å². The number of carbonyl (C=O) groups excluding carboxylic acids is 1. The predicted octanol–water partition coefficient (Wildman–Crippen LogP) is 3.88. The number of nitrogens with one attached hydrogen (secondary N) is 1. The fourth-order valence-electron chi connectivity index (χ4n) is 1.33. The summed E-state index contributed by atoms with van der Waals surface area (Å²) in [7, 11) is 0. The van der Waals surface area contributed by atoms with Gasteiger partial charge in [-0.05, 0) is 32.9 Å². The Bertz CT molecular complexity index is 563. The van der Waals surface area contributed by atoms with Crippen LogP contribution in [0.1, 0.15) is 32.8 Å². The lowest BCUT2D eigenvalue weighted by atomic mass is 10.2. The molecular weight excluding hydrogens is 300 g/mol. The molecule has 0 radical (unpaired) electrons. The quantitative estimate of drug-likeness (QED) is 0.511. The molecule has 0 fully saturated rings. The van der Waals surface area contributed by atoms with Gasteiger partial charge in [-0.1, -0.05) is 23.4 Å². The number of alkyl carbamates (subject to hydrolysis) is 1. The zero-order chi connectivity index (χ0) is 16.0. The maximum Gasteiger partial charge on any atom is 0.407 e. The van der Waals surface area contributed by atoms with Gasteiger partial charge in [0.05, 0.1) is 0 Å². The highest BCUT2D eigenvalue weighted by atomic mass is 35.5. The minimum absolute atomic E-state index is 0.187. The molecule has 114 valence electrons. The lowest BCUT2D eigenvalue weighted by molar-refractivity contribution is 0.0529. The average Bonchev–Trinajstić information content (AvgIpc) is 2.33. The van der Waals surface area contributed by atoms with E-state index in [9.17, 15) is 13.6 Å². The van der Waals surface area contributed by atoms with Crippen LogP contribution in [-0.4, -0.2) is 18.2 Å². The van der Waals surface area contributed by atoms with Crippen molar-refractivity contribution in [2.45, 2.75) is 32.8 Å². The molecule has 1 rings (SSSR count). The van der Waals surface area contributed by atoms with Gasteiger partial charge in [0.1, 0.15) is 22.3 Å². The lowest BCUT2D eigenvalue weighted by Gasteiger charge is -2.19. The number of hydrogen-bond acceptors (Lipinski definition) is 2. The molecule has 0 heterocycles. The van der Waals surface area contributed by atoms with Gasteiger partial charge in [-0.25, -0.2) is 13.6 Å². The Balaban J connectivity index is 2.46. The first-order valence-electron chi connectivity index (χ1n) is 6.29. The summed E-state index contributed by atoms with van der Waals surface area (Å²) >= 11 is 5.36. The highest BCUT2D eigenvalue weighted by Crippen LogP contribution is 2.19. The maximum absolute atomic E-state index is 13.2. The number of rotatable bonds is 2. The zero-order valence-corrected chi connectivity index (χ0v) is 12.8. The summed E-state index contributed by atoms with van der Waals surface area (Å²) < 4.78 is 31.4. The van der Waals surface area contributed by atoms with Crippen molar-refractivity contribution in [3.05, 3.63) is 34.4 Å². The maximum atomic E-state index is 13.2. The highest BCUT2D eigenvalue weighted by Gasteiger charge is 2.15. The number of ether oxygens (including phenoxy) is 1. The third-order valence-corrected chi connectivity index (χ3v) is 2.50. The molecule has 3 nitrogen and oxygen atoms in total. The molecule has 0 atom stereocenters. The van der Waals surface area contributed by atoms with E-state index in [-0.39, 0.29) is 12.1 Å². The van der Waals surface area contributed by atoms with Gasteiger partial charge in [0.25, 0.3) is 0 Å². The van der Waals surface area contributed by atoms with Crippen molar-refractivity contribution in [2.24, 2.45) is 0 Å². The molecule has 1 amide bonds. The zero-order valence-electron chi connectivity index (χ0n) is 12.0. The average molecular weight is 316 g/mol. The fraction of sp³-hybridized carbons (Fsp3) is 0.400. The third-order valence-electron chi connectivity index (χ3n) is 2.13. The van der Waals surface area contributed by atoms with Crippen LogP contribution in [0.25, 0.3) is 0 Å². The SMILES string of the molecule is CC(C)(C)OC(=O)NCCC#Cc1cc(F)c(Cl)c(F)c1. The summed E-state index contributed by atoms with van der Waals surface area (Å²) in [6, 6.07) is 2.11. The van der Waals surface area contributed by atoms with Crippen LogP contribution >= 0.6 is 11.6 Å². The molecule has 0 spiro atoms. The second kappa shape index (κ2) is 7.28. The van der Waals surface area contributed by atoms with E-state index in [1.807, 2.05) is 0 Å². The monoisotopic (exact) mass is 315 g/mol. The lowest BCUT2D eigenvalue weighted by Crippen LogP contribution is -2.32. The molecule has 0 saturated heterocycles. The Labute approximate surface area is 127 Å². The molecule has 0 saturated carbocycles. The van der Waals surface area contributed by atoms with Crippen LogP contribution in [0.3, 0.4) is 0 Å². The van der Waals surface area contributed by atoms with Gasteiger partial charge >= 0.3 is 6.09 Å². The first-order valence-corrected chi connectivity index (χ1v) is 6.67. The summed E-state index contributed by atoms with van der Waals surface area (Å²) in [5, 5.41) is 1.98. The van der Waals surface area contributed by atoms with E-state index < -0.39 is 28.4 Å². The number of hydrogen-bond donors (Lipinski definition) is 1. The van der Waals surface area contributed by atoms with Crippen molar-refractivity contribution < 1.29 is 18.3 Å². The van der Waals surface area contributed by atoms with Crippen LogP contribution in [0.5, 0.6) is 0 Å². The smallest absolute Gasteiger partial charge is 0.407 e. The van der Waals surface area contributed by atoms with Crippen LogP contribution < -0.4 is 5.32 Å². The molecule has 0 bridgehead atoms. The van der Waals surface area contributed by atoms with Crippen LogP contribution in [0.4, 0.5) is 13.6 Å². The van der Waals surface area contributed by atoms with E-state index in [1.165, 1.54) is 0 Å². The normalized spacial score (nSPS) is 10.6. The van der Waals surface area contributed by atoms with Gasteiger partial charge in [-0.2, -0.15) is 0 Å². The van der Waals surface area contributed by atoms with Gasteiger partial charge in [-0.15, -0.1) is 0 Å². The van der Waals surface area contributed by atoms with Crippen molar-refractivity contribution in [2.75, 3.05) is 6.54 Å². The Morgan fingerprint density at radius 2 is 1.90 bits per heavy atom. The minimum atomic E-state index is -0.854. The molecule has 6 heteroatoms. The summed E-state index contributed by atoms with van der Waals surface area (Å²) in [5.41, 5.74) is -0.375. The molecule has 1 aromatic carbocycles. The highest BCUT2D eigenvalue weighted by molar-refractivity contribution is 6.30. The van der Waals surface area contributed by atoms with Gasteiger partial charge in [0, 0.05) is 18.5 Å². The molecule has 1 aromatic rings. The van der Waals surface area contributed by atoms with E-state index in [2.05, 4.69) is 17.2 Å². The standard InChI is InChI=1S/C15H16ClF2NO2/c1-15(2,3)21-14(20)19-7-5-4-6-10-8-11(17)13(16)12(18)9-10/h8-9H,5,7H2,1-3H3,(H,19,20). The first-order chi connectivity index (χ1) is 9.69. The Morgan fingerprint density at radius 1 is 1.33 bits per heavy atom. The van der Waals surface area contributed by atoms with E-state index in [0.29, 0.717) is 6.42 Å². The number of carbonyl (C=O) groups is 1. The van der Waals surface area contributed by atoms with Crippen molar-refractivity contribution in [1.29, 1.82) is 0 Å². The molecule has 0 aromatic heterocycles. The Hall–Kier alpha value is -1.80. The van der Waals surface area contributed by atoms with Crippen LogP contribution in [-0.2, 0) is 4.74 Å². The van der Waals surface area contributed by atoms with Crippen molar-refractivity contribution in [3.8, 4) is 11.8 Å². The van der Waals surface area contributed by atoms with Crippen LogP contribution in [0, 0.1) is 23.5 Å². The van der Waals surface area contributed by atoms with Gasteiger partial charge < -0.3 is 10.1 Å². The number of amides is 1. The Kier molecular flexibility index (Phi) is 5.98. The van der Waals surface area contributed by atoms with E-state index in [1.54, 1.807) is 20.8 Å². The molecule has 0 aliphatic carbocycles. The summed E-state index contributed by atoms with van der Waals surface area (Å²) in [6.07, 6.45) is -0.210. The molecular formula is C15H16ClF2NO2. The van der Waals surface area contributed by atoms with Gasteiger partial charge in [0.2, 0.25) is 0 Å². The molecule has 0 aliphatic rings. The minimum Gasteiger partial charge on any atom is -0.444 e. The molecule has 0 aliphatic heterocycles. The first kappa shape index (κ1) is 17.3. The van der Waals surface area contributed by atoms with Crippen molar-refractivity contribution in [3.63, 3.8) is 0 Å².